The van der Waals surface area contributed by atoms with Crippen LogP contribution in [0, 0.1) is 22.9 Å². The van der Waals surface area contributed by atoms with E-state index in [2.05, 4.69) is 10.4 Å². The molecule has 0 saturated heterocycles. The van der Waals surface area contributed by atoms with Gasteiger partial charge in [0, 0.05) is 12.1 Å². The number of hydrogen-bond acceptors (Lipinski definition) is 4. The molecule has 0 bridgehead atoms. The summed E-state index contributed by atoms with van der Waals surface area (Å²) in [5.41, 5.74) is 0.856. The third kappa shape index (κ3) is 4.21. The van der Waals surface area contributed by atoms with E-state index in [-0.39, 0.29) is 22.4 Å². The molecule has 128 valence electrons. The van der Waals surface area contributed by atoms with Crippen molar-refractivity contribution in [1.29, 1.82) is 0 Å². The first-order valence-electron chi connectivity index (χ1n) is 6.91. The van der Waals surface area contributed by atoms with E-state index >= 15 is 0 Å². The molecule has 0 radical (unpaired) electrons. The third-order valence-corrected chi connectivity index (χ3v) is 4.00. The number of nitrogens with one attached hydrogen (secondary N) is 1. The summed E-state index contributed by atoms with van der Waals surface area (Å²) in [6.45, 7) is 1.92. The number of amides is 1. The maximum Gasteiger partial charge on any atom is 0.408 e. The Morgan fingerprint density at radius 1 is 1.46 bits per heavy atom. The van der Waals surface area contributed by atoms with E-state index in [1.54, 1.807) is 6.92 Å². The minimum Gasteiger partial charge on any atom is -0.358 e. The zero-order chi connectivity index (χ0) is 17.9. The number of anilines is 1. The number of carbonyl (C=O) groups excluding carboxylic acids is 1. The Morgan fingerprint density at radius 3 is 2.75 bits per heavy atom. The third-order valence-electron chi connectivity index (χ3n) is 3.27. The van der Waals surface area contributed by atoms with Gasteiger partial charge in [-0.05, 0) is 36.5 Å². The van der Waals surface area contributed by atoms with E-state index in [0.29, 0.717) is 24.3 Å². The van der Waals surface area contributed by atoms with Gasteiger partial charge in [0.15, 0.2) is 5.02 Å². The van der Waals surface area contributed by atoms with E-state index in [0.717, 1.165) is 6.07 Å². The van der Waals surface area contributed by atoms with E-state index in [9.17, 15) is 19.3 Å². The standard InChI is InChI=1S/C14H13Cl2FN4O3/c1-8-13(16)14(21(23)24)19-20(8)6-2-3-12(22)18-9-4-5-11(17)10(15)7-9/h4-5,7H,2-3,6H2,1H3,(H,18,22). The maximum absolute atomic E-state index is 13.0. The van der Waals surface area contributed by atoms with Crippen LogP contribution in [0.3, 0.4) is 0 Å². The molecule has 0 unspecified atom stereocenters. The number of benzene rings is 1. The number of rotatable bonds is 6. The van der Waals surface area contributed by atoms with Gasteiger partial charge >= 0.3 is 5.82 Å². The summed E-state index contributed by atoms with van der Waals surface area (Å²) in [4.78, 5) is 22.0. The van der Waals surface area contributed by atoms with Gasteiger partial charge in [0.1, 0.15) is 5.82 Å². The van der Waals surface area contributed by atoms with Crippen LogP contribution in [-0.2, 0) is 11.3 Å². The first-order chi connectivity index (χ1) is 11.3. The zero-order valence-electron chi connectivity index (χ0n) is 12.6. The Labute approximate surface area is 146 Å². The van der Waals surface area contributed by atoms with E-state index in [4.69, 9.17) is 23.2 Å². The summed E-state index contributed by atoms with van der Waals surface area (Å²) in [6.07, 6.45) is 0.552. The largest absolute Gasteiger partial charge is 0.408 e. The number of aromatic nitrogens is 2. The number of aryl methyl sites for hydroxylation is 1. The first kappa shape index (κ1) is 18.2. The fourth-order valence-electron chi connectivity index (χ4n) is 2.03. The van der Waals surface area contributed by atoms with Gasteiger partial charge in [-0.25, -0.2) is 4.39 Å². The minimum absolute atomic E-state index is 0.00888. The average molecular weight is 375 g/mol. The lowest BCUT2D eigenvalue weighted by atomic mass is 10.2. The van der Waals surface area contributed by atoms with Gasteiger partial charge in [-0.2, -0.15) is 4.68 Å². The SMILES string of the molecule is Cc1c(Cl)c([N+](=O)[O-])nn1CCCC(=O)Nc1ccc(F)c(Cl)c1. The molecular weight excluding hydrogens is 362 g/mol. The highest BCUT2D eigenvalue weighted by molar-refractivity contribution is 6.33. The lowest BCUT2D eigenvalue weighted by Gasteiger charge is -2.06. The second kappa shape index (κ2) is 7.59. The summed E-state index contributed by atoms with van der Waals surface area (Å²) in [5.74, 6) is -1.26. The fourth-order valence-corrected chi connectivity index (χ4v) is 2.41. The van der Waals surface area contributed by atoms with Crippen LogP contribution in [0.15, 0.2) is 18.2 Å². The van der Waals surface area contributed by atoms with Crippen molar-refractivity contribution in [3.05, 3.63) is 49.9 Å². The lowest BCUT2D eigenvalue weighted by Crippen LogP contribution is -2.13. The second-order valence-electron chi connectivity index (χ2n) is 4.98. The Kier molecular flexibility index (Phi) is 5.74. The van der Waals surface area contributed by atoms with Crippen LogP contribution in [0.4, 0.5) is 15.9 Å². The predicted octanol–water partition coefficient (Wildman–Crippen LogP) is 3.96. The molecule has 0 aliphatic heterocycles. The van der Waals surface area contributed by atoms with Crippen molar-refractivity contribution in [3.8, 4) is 0 Å². The first-order valence-corrected chi connectivity index (χ1v) is 7.67. The van der Waals surface area contributed by atoms with Crippen LogP contribution in [0.1, 0.15) is 18.5 Å². The van der Waals surface area contributed by atoms with Crippen molar-refractivity contribution in [2.75, 3.05) is 5.32 Å². The molecule has 0 fully saturated rings. The number of hydrogen-bond donors (Lipinski definition) is 1. The van der Waals surface area contributed by atoms with E-state index < -0.39 is 16.6 Å². The summed E-state index contributed by atoms with van der Waals surface area (Å²) in [5, 5.41) is 17.1. The summed E-state index contributed by atoms with van der Waals surface area (Å²) >= 11 is 11.5. The second-order valence-corrected chi connectivity index (χ2v) is 5.77. The molecule has 24 heavy (non-hydrogen) atoms. The van der Waals surface area contributed by atoms with Crippen molar-refractivity contribution < 1.29 is 14.1 Å². The van der Waals surface area contributed by atoms with Crippen LogP contribution in [-0.4, -0.2) is 20.6 Å². The highest BCUT2D eigenvalue weighted by Crippen LogP contribution is 2.26. The number of carbonyl (C=O) groups is 1. The summed E-state index contributed by atoms with van der Waals surface area (Å²) in [6, 6.07) is 3.88. The zero-order valence-corrected chi connectivity index (χ0v) is 14.1. The molecule has 1 amide bonds. The van der Waals surface area contributed by atoms with Gasteiger partial charge in [0.2, 0.25) is 5.91 Å². The topological polar surface area (TPSA) is 90.1 Å². The maximum atomic E-state index is 13.0. The Morgan fingerprint density at radius 2 is 2.17 bits per heavy atom. The smallest absolute Gasteiger partial charge is 0.358 e. The van der Waals surface area contributed by atoms with Gasteiger partial charge in [0.25, 0.3) is 0 Å². The molecule has 2 aromatic rings. The number of nitrogens with zero attached hydrogens (tertiary/aromatic N) is 3. The normalized spacial score (nSPS) is 10.7. The van der Waals surface area contributed by atoms with E-state index in [1.165, 1.54) is 16.8 Å². The molecule has 0 saturated carbocycles. The van der Waals surface area contributed by atoms with E-state index in [1.807, 2.05) is 0 Å². The van der Waals surface area contributed by atoms with Crippen LogP contribution < -0.4 is 5.32 Å². The fraction of sp³-hybridized carbons (Fsp3) is 0.286. The number of halogens is 3. The van der Waals surface area contributed by atoms with Crippen LogP contribution in [0.5, 0.6) is 0 Å². The summed E-state index contributed by atoms with van der Waals surface area (Å²) < 4.78 is 14.4. The molecular formula is C14H13Cl2FN4O3. The van der Waals surface area contributed by atoms with Gasteiger partial charge in [-0.15, -0.1) is 0 Å². The molecule has 0 aliphatic carbocycles. The highest BCUT2D eigenvalue weighted by Gasteiger charge is 2.23. The monoisotopic (exact) mass is 374 g/mol. The molecule has 1 heterocycles. The van der Waals surface area contributed by atoms with Gasteiger partial charge in [0.05, 0.1) is 22.4 Å². The van der Waals surface area contributed by atoms with Gasteiger partial charge in [-0.1, -0.05) is 23.2 Å². The molecule has 1 N–H and O–H groups in total. The van der Waals surface area contributed by atoms with Crippen molar-refractivity contribution in [2.24, 2.45) is 0 Å². The van der Waals surface area contributed by atoms with Crippen LogP contribution in [0.25, 0.3) is 0 Å². The highest BCUT2D eigenvalue weighted by atomic mass is 35.5. The van der Waals surface area contributed by atoms with Crippen molar-refractivity contribution in [2.45, 2.75) is 26.3 Å². The van der Waals surface area contributed by atoms with Crippen molar-refractivity contribution >= 4 is 40.6 Å². The van der Waals surface area contributed by atoms with Gasteiger partial charge in [-0.3, -0.25) is 4.79 Å². The molecule has 0 atom stereocenters. The molecule has 0 spiro atoms. The Hall–Kier alpha value is -2.19. The molecule has 7 nitrogen and oxygen atoms in total. The molecule has 2 rings (SSSR count). The predicted molar refractivity (Wildman–Crippen MR) is 87.9 cm³/mol. The van der Waals surface area contributed by atoms with Crippen LogP contribution in [0.2, 0.25) is 10.0 Å². The lowest BCUT2D eigenvalue weighted by molar-refractivity contribution is -0.389. The molecule has 1 aromatic heterocycles. The molecule has 1 aromatic carbocycles. The van der Waals surface area contributed by atoms with Crippen molar-refractivity contribution in [1.82, 2.24) is 9.78 Å². The number of nitro groups is 1. The van der Waals surface area contributed by atoms with Crippen molar-refractivity contribution in [3.63, 3.8) is 0 Å². The average Bonchev–Trinajstić information content (AvgIpc) is 2.79. The molecule has 10 heteroatoms. The molecule has 0 aliphatic rings. The quantitative estimate of drug-likeness (QED) is 0.611. The minimum atomic E-state index is -0.656. The van der Waals surface area contributed by atoms with Crippen LogP contribution >= 0.6 is 23.2 Å². The Balaban J connectivity index is 1.90. The Bertz CT molecular complexity index is 795. The van der Waals surface area contributed by atoms with Gasteiger partial charge < -0.3 is 15.4 Å². The summed E-state index contributed by atoms with van der Waals surface area (Å²) in [7, 11) is 0.